The van der Waals surface area contributed by atoms with E-state index in [9.17, 15) is 0 Å². The van der Waals surface area contributed by atoms with Crippen molar-refractivity contribution in [2.24, 2.45) is 5.92 Å². The van der Waals surface area contributed by atoms with Crippen LogP contribution in [0.5, 0.6) is 11.5 Å². The highest BCUT2D eigenvalue weighted by Gasteiger charge is 2.12. The molecule has 1 unspecified atom stereocenters. The van der Waals surface area contributed by atoms with E-state index in [4.69, 9.17) is 14.6 Å². The summed E-state index contributed by atoms with van der Waals surface area (Å²) in [6.45, 7) is 7.66. The van der Waals surface area contributed by atoms with Gasteiger partial charge in [-0.1, -0.05) is 19.1 Å². The van der Waals surface area contributed by atoms with Crippen molar-refractivity contribution in [3.63, 3.8) is 0 Å². The Bertz CT molecular complexity index is 380. The van der Waals surface area contributed by atoms with Crippen LogP contribution in [-0.2, 0) is 6.54 Å². The van der Waals surface area contributed by atoms with Gasteiger partial charge in [0.05, 0.1) is 13.2 Å². The Labute approximate surface area is 115 Å². The first-order chi connectivity index (χ1) is 9.08. The second-order valence-electron chi connectivity index (χ2n) is 5.03. The SMILES string of the molecule is COc1cccc(CNCC(C)CO)c1OC(C)C. The molecule has 0 bridgehead atoms. The predicted octanol–water partition coefficient (Wildman–Crippen LogP) is 2.20. The van der Waals surface area contributed by atoms with Gasteiger partial charge in [-0.15, -0.1) is 0 Å². The molecule has 0 saturated heterocycles. The third-order valence-corrected chi connectivity index (χ3v) is 2.75. The molecule has 0 fully saturated rings. The molecule has 0 aliphatic heterocycles. The molecular formula is C15H25NO3. The van der Waals surface area contributed by atoms with Crippen LogP contribution in [-0.4, -0.2) is 31.5 Å². The number of benzene rings is 1. The number of methoxy groups -OCH3 is 1. The van der Waals surface area contributed by atoms with E-state index in [1.54, 1.807) is 7.11 Å². The number of para-hydroxylation sites is 1. The lowest BCUT2D eigenvalue weighted by molar-refractivity contribution is 0.224. The first-order valence-corrected chi connectivity index (χ1v) is 6.72. The minimum absolute atomic E-state index is 0.103. The van der Waals surface area contributed by atoms with E-state index in [-0.39, 0.29) is 18.6 Å². The number of hydrogen-bond acceptors (Lipinski definition) is 4. The van der Waals surface area contributed by atoms with Crippen LogP contribution in [0.15, 0.2) is 18.2 Å². The van der Waals surface area contributed by atoms with E-state index in [0.29, 0.717) is 6.54 Å². The molecular weight excluding hydrogens is 242 g/mol. The monoisotopic (exact) mass is 267 g/mol. The second-order valence-corrected chi connectivity index (χ2v) is 5.03. The van der Waals surface area contributed by atoms with Crippen LogP contribution in [0.4, 0.5) is 0 Å². The third-order valence-electron chi connectivity index (χ3n) is 2.75. The zero-order valence-electron chi connectivity index (χ0n) is 12.3. The van der Waals surface area contributed by atoms with Crippen LogP contribution < -0.4 is 14.8 Å². The van der Waals surface area contributed by atoms with Crippen molar-refractivity contribution in [2.75, 3.05) is 20.3 Å². The molecule has 4 heteroatoms. The van der Waals surface area contributed by atoms with Crippen molar-refractivity contribution >= 4 is 0 Å². The zero-order chi connectivity index (χ0) is 14.3. The normalized spacial score (nSPS) is 12.5. The van der Waals surface area contributed by atoms with Gasteiger partial charge in [0.25, 0.3) is 0 Å². The number of nitrogens with one attached hydrogen (secondary N) is 1. The number of aliphatic hydroxyl groups excluding tert-OH is 1. The largest absolute Gasteiger partial charge is 0.493 e. The summed E-state index contributed by atoms with van der Waals surface area (Å²) in [5, 5.41) is 12.3. The van der Waals surface area contributed by atoms with Gasteiger partial charge in [0, 0.05) is 25.3 Å². The van der Waals surface area contributed by atoms with E-state index >= 15 is 0 Å². The lowest BCUT2D eigenvalue weighted by Gasteiger charge is -2.18. The molecule has 0 aliphatic carbocycles. The Morgan fingerprint density at radius 1 is 1.26 bits per heavy atom. The highest BCUT2D eigenvalue weighted by atomic mass is 16.5. The fourth-order valence-electron chi connectivity index (χ4n) is 1.75. The maximum absolute atomic E-state index is 9.00. The van der Waals surface area contributed by atoms with E-state index < -0.39 is 0 Å². The molecule has 1 rings (SSSR count). The van der Waals surface area contributed by atoms with Crippen LogP contribution in [0.3, 0.4) is 0 Å². The topological polar surface area (TPSA) is 50.7 Å². The molecule has 19 heavy (non-hydrogen) atoms. The van der Waals surface area contributed by atoms with Gasteiger partial charge in [-0.25, -0.2) is 0 Å². The minimum Gasteiger partial charge on any atom is -0.493 e. The number of ether oxygens (including phenoxy) is 2. The molecule has 1 aromatic carbocycles. The standard InChI is InChI=1S/C15H25NO3/c1-11(2)19-15-13(6-5-7-14(15)18-4)9-16-8-12(3)10-17/h5-7,11-12,16-17H,8-10H2,1-4H3. The summed E-state index contributed by atoms with van der Waals surface area (Å²) in [7, 11) is 1.65. The van der Waals surface area contributed by atoms with Gasteiger partial charge in [-0.05, 0) is 25.8 Å². The van der Waals surface area contributed by atoms with Crippen LogP contribution in [0.25, 0.3) is 0 Å². The Morgan fingerprint density at radius 3 is 2.58 bits per heavy atom. The lowest BCUT2D eigenvalue weighted by Crippen LogP contribution is -2.23. The third kappa shape index (κ3) is 5.09. The van der Waals surface area contributed by atoms with Crippen molar-refractivity contribution in [3.8, 4) is 11.5 Å². The van der Waals surface area contributed by atoms with E-state index in [1.165, 1.54) is 0 Å². The molecule has 1 aromatic rings. The van der Waals surface area contributed by atoms with Gasteiger partial charge in [0.1, 0.15) is 0 Å². The number of rotatable bonds is 8. The fourth-order valence-corrected chi connectivity index (χ4v) is 1.75. The first kappa shape index (κ1) is 15.8. The average Bonchev–Trinajstić information content (AvgIpc) is 2.39. The van der Waals surface area contributed by atoms with Crippen molar-refractivity contribution < 1.29 is 14.6 Å². The first-order valence-electron chi connectivity index (χ1n) is 6.72. The molecule has 0 spiro atoms. The van der Waals surface area contributed by atoms with E-state index in [0.717, 1.165) is 23.6 Å². The molecule has 0 aromatic heterocycles. The lowest BCUT2D eigenvalue weighted by atomic mass is 10.1. The van der Waals surface area contributed by atoms with Crippen LogP contribution in [0, 0.1) is 5.92 Å². The summed E-state index contributed by atoms with van der Waals surface area (Å²) in [6.07, 6.45) is 0.103. The van der Waals surface area contributed by atoms with Crippen molar-refractivity contribution in [1.82, 2.24) is 5.32 Å². The fraction of sp³-hybridized carbons (Fsp3) is 0.600. The molecule has 0 aliphatic rings. The predicted molar refractivity (Wildman–Crippen MR) is 76.7 cm³/mol. The van der Waals surface area contributed by atoms with Crippen LogP contribution in [0.1, 0.15) is 26.3 Å². The minimum atomic E-state index is 0.103. The smallest absolute Gasteiger partial charge is 0.166 e. The zero-order valence-corrected chi connectivity index (χ0v) is 12.3. The molecule has 108 valence electrons. The number of hydrogen-bond donors (Lipinski definition) is 2. The molecule has 1 atom stereocenters. The van der Waals surface area contributed by atoms with Crippen molar-refractivity contribution in [3.05, 3.63) is 23.8 Å². The summed E-state index contributed by atoms with van der Waals surface area (Å²) in [5.41, 5.74) is 1.07. The number of aliphatic hydroxyl groups is 1. The molecule has 2 N–H and O–H groups in total. The van der Waals surface area contributed by atoms with Gasteiger partial charge in [-0.2, -0.15) is 0 Å². The maximum Gasteiger partial charge on any atom is 0.166 e. The summed E-state index contributed by atoms with van der Waals surface area (Å²) < 4.78 is 11.2. The molecule has 0 radical (unpaired) electrons. The summed E-state index contributed by atoms with van der Waals surface area (Å²) in [6, 6.07) is 5.88. The Kier molecular flexibility index (Phi) is 6.67. The van der Waals surface area contributed by atoms with E-state index in [2.05, 4.69) is 5.32 Å². The highest BCUT2D eigenvalue weighted by molar-refractivity contribution is 5.46. The van der Waals surface area contributed by atoms with Crippen molar-refractivity contribution in [2.45, 2.75) is 33.4 Å². The molecule has 0 saturated carbocycles. The Morgan fingerprint density at radius 2 is 2.00 bits per heavy atom. The van der Waals surface area contributed by atoms with Gasteiger partial charge in [0.2, 0.25) is 0 Å². The molecule has 4 nitrogen and oxygen atoms in total. The van der Waals surface area contributed by atoms with Gasteiger partial charge in [-0.3, -0.25) is 0 Å². The summed E-state index contributed by atoms with van der Waals surface area (Å²) in [5.74, 6) is 1.80. The Balaban J connectivity index is 2.75. The van der Waals surface area contributed by atoms with Crippen LogP contribution in [0.2, 0.25) is 0 Å². The van der Waals surface area contributed by atoms with Gasteiger partial charge < -0.3 is 19.9 Å². The molecule has 0 amide bonds. The van der Waals surface area contributed by atoms with Crippen molar-refractivity contribution in [1.29, 1.82) is 0 Å². The molecule has 0 heterocycles. The van der Waals surface area contributed by atoms with Gasteiger partial charge in [0.15, 0.2) is 11.5 Å². The van der Waals surface area contributed by atoms with Crippen LogP contribution >= 0.6 is 0 Å². The quantitative estimate of drug-likeness (QED) is 0.758. The van der Waals surface area contributed by atoms with Gasteiger partial charge >= 0.3 is 0 Å². The summed E-state index contributed by atoms with van der Waals surface area (Å²) in [4.78, 5) is 0. The summed E-state index contributed by atoms with van der Waals surface area (Å²) >= 11 is 0. The van der Waals surface area contributed by atoms with E-state index in [1.807, 2.05) is 39.0 Å². The highest BCUT2D eigenvalue weighted by Crippen LogP contribution is 2.31. The Hall–Kier alpha value is -1.26. The average molecular weight is 267 g/mol. The maximum atomic E-state index is 9.00. The second kappa shape index (κ2) is 8.02.